The molecule has 1 heterocycles. The summed E-state index contributed by atoms with van der Waals surface area (Å²) in [6, 6.07) is 2.80. The van der Waals surface area contributed by atoms with E-state index in [2.05, 4.69) is 15.3 Å². The number of anilines is 2. The zero-order valence-corrected chi connectivity index (χ0v) is 10.0. The Labute approximate surface area is 104 Å². The lowest BCUT2D eigenvalue weighted by Crippen LogP contribution is -2.05. The molecule has 0 saturated carbocycles. The summed E-state index contributed by atoms with van der Waals surface area (Å²) in [4.78, 5) is 7.03. The summed E-state index contributed by atoms with van der Waals surface area (Å²) in [6.07, 6.45) is 3.40. The fourth-order valence-corrected chi connectivity index (χ4v) is 1.56. The van der Waals surface area contributed by atoms with Crippen molar-refractivity contribution >= 4 is 11.4 Å². The Morgan fingerprint density at radius 3 is 3.00 bits per heavy atom. The predicted molar refractivity (Wildman–Crippen MR) is 67.9 cm³/mol. The number of nitrogens with zero attached hydrogens (tertiary/aromatic N) is 1. The predicted octanol–water partition coefficient (Wildman–Crippen LogP) is 2.14. The van der Waals surface area contributed by atoms with Gasteiger partial charge in [0, 0.05) is 24.5 Å². The summed E-state index contributed by atoms with van der Waals surface area (Å²) in [7, 11) is 0. The van der Waals surface area contributed by atoms with Gasteiger partial charge in [-0.3, -0.25) is 0 Å². The number of nitrogen functional groups attached to an aromatic ring is 1. The summed E-state index contributed by atoms with van der Waals surface area (Å²) in [5.74, 6) is 0.503. The number of benzene rings is 1. The van der Waals surface area contributed by atoms with Crippen molar-refractivity contribution in [3.63, 3.8) is 0 Å². The van der Waals surface area contributed by atoms with Gasteiger partial charge in [0.1, 0.15) is 5.82 Å². The molecule has 5 nitrogen and oxygen atoms in total. The van der Waals surface area contributed by atoms with E-state index in [4.69, 9.17) is 10.5 Å². The van der Waals surface area contributed by atoms with Crippen molar-refractivity contribution in [2.75, 3.05) is 17.7 Å². The molecule has 0 spiro atoms. The molecule has 0 unspecified atom stereocenters. The lowest BCUT2D eigenvalue weighted by atomic mass is 10.2. The van der Waals surface area contributed by atoms with Crippen LogP contribution < -0.4 is 15.8 Å². The number of hydrogen-bond acceptors (Lipinski definition) is 4. The third kappa shape index (κ3) is 2.71. The first kappa shape index (κ1) is 12.2. The number of hydrogen-bond donors (Lipinski definition) is 3. The van der Waals surface area contributed by atoms with Gasteiger partial charge in [0.05, 0.1) is 24.5 Å². The summed E-state index contributed by atoms with van der Waals surface area (Å²) < 4.78 is 18.7. The number of nitrogens with one attached hydrogen (secondary N) is 2. The second-order valence-electron chi connectivity index (χ2n) is 3.69. The quantitative estimate of drug-likeness (QED) is 0.711. The third-order valence-corrected chi connectivity index (χ3v) is 2.41. The van der Waals surface area contributed by atoms with Crippen molar-refractivity contribution in [2.45, 2.75) is 13.5 Å². The molecule has 0 bridgehead atoms. The molecule has 1 aromatic heterocycles. The van der Waals surface area contributed by atoms with Gasteiger partial charge in [0.25, 0.3) is 0 Å². The van der Waals surface area contributed by atoms with Crippen LogP contribution in [0.3, 0.4) is 0 Å². The molecule has 6 heteroatoms. The molecule has 2 aromatic rings. The molecule has 0 amide bonds. The Bertz CT molecular complexity index is 513. The highest BCUT2D eigenvalue weighted by atomic mass is 19.1. The second-order valence-corrected chi connectivity index (χ2v) is 3.69. The van der Waals surface area contributed by atoms with Crippen LogP contribution in [0.25, 0.3) is 0 Å². The molecule has 1 aromatic carbocycles. The Hall–Kier alpha value is -2.24. The Morgan fingerprint density at radius 1 is 1.50 bits per heavy atom. The second kappa shape index (κ2) is 5.39. The van der Waals surface area contributed by atoms with Gasteiger partial charge >= 0.3 is 0 Å². The fraction of sp³-hybridized carbons (Fsp3) is 0.250. The monoisotopic (exact) mass is 250 g/mol. The average molecular weight is 250 g/mol. The first-order chi connectivity index (χ1) is 8.70. The molecule has 0 atom stereocenters. The average Bonchev–Trinajstić information content (AvgIpc) is 2.84. The van der Waals surface area contributed by atoms with Gasteiger partial charge in [-0.15, -0.1) is 0 Å². The maximum Gasteiger partial charge on any atom is 0.167 e. The van der Waals surface area contributed by atoms with Crippen LogP contribution in [-0.4, -0.2) is 16.6 Å². The molecule has 96 valence electrons. The van der Waals surface area contributed by atoms with Crippen LogP contribution in [0.4, 0.5) is 15.8 Å². The van der Waals surface area contributed by atoms with E-state index >= 15 is 0 Å². The number of halogens is 1. The van der Waals surface area contributed by atoms with Crippen molar-refractivity contribution in [3.8, 4) is 5.75 Å². The molecule has 0 saturated heterocycles. The van der Waals surface area contributed by atoms with Crippen molar-refractivity contribution in [3.05, 3.63) is 36.2 Å². The topological polar surface area (TPSA) is 76.0 Å². The number of rotatable bonds is 5. The minimum atomic E-state index is -0.460. The highest BCUT2D eigenvalue weighted by Crippen LogP contribution is 2.28. The maximum absolute atomic E-state index is 13.5. The molecule has 18 heavy (non-hydrogen) atoms. The van der Waals surface area contributed by atoms with Gasteiger partial charge in [0.15, 0.2) is 11.6 Å². The lowest BCUT2D eigenvalue weighted by molar-refractivity contribution is 0.322. The summed E-state index contributed by atoms with van der Waals surface area (Å²) in [5, 5.41) is 3.08. The minimum absolute atomic E-state index is 0.189. The highest BCUT2D eigenvalue weighted by Gasteiger charge is 2.09. The standard InChI is InChI=1S/C12H15FN4O/c1-2-18-11-6-10(9(14)5-8(11)13)17-7-12-15-3-4-16-12/h3-6,17H,2,7,14H2,1H3,(H,15,16). The number of imidazole rings is 1. The van der Waals surface area contributed by atoms with E-state index in [-0.39, 0.29) is 5.75 Å². The smallest absolute Gasteiger partial charge is 0.167 e. The van der Waals surface area contributed by atoms with Crippen LogP contribution in [0.2, 0.25) is 0 Å². The van der Waals surface area contributed by atoms with E-state index in [0.717, 1.165) is 5.82 Å². The summed E-state index contributed by atoms with van der Waals surface area (Å²) >= 11 is 0. The largest absolute Gasteiger partial charge is 0.491 e. The Morgan fingerprint density at radius 2 is 2.33 bits per heavy atom. The normalized spacial score (nSPS) is 10.3. The van der Waals surface area contributed by atoms with E-state index in [1.54, 1.807) is 25.4 Å². The van der Waals surface area contributed by atoms with E-state index in [9.17, 15) is 4.39 Å². The van der Waals surface area contributed by atoms with Crippen LogP contribution in [0.15, 0.2) is 24.5 Å². The van der Waals surface area contributed by atoms with Gasteiger partial charge in [-0.2, -0.15) is 0 Å². The Kier molecular flexibility index (Phi) is 3.66. The molecule has 0 aliphatic carbocycles. The van der Waals surface area contributed by atoms with Crippen molar-refractivity contribution < 1.29 is 9.13 Å². The first-order valence-electron chi connectivity index (χ1n) is 5.64. The zero-order valence-electron chi connectivity index (χ0n) is 10.0. The molecular weight excluding hydrogens is 235 g/mol. The molecule has 0 radical (unpaired) electrons. The van der Waals surface area contributed by atoms with Gasteiger partial charge in [-0.25, -0.2) is 9.37 Å². The van der Waals surface area contributed by atoms with Crippen LogP contribution >= 0.6 is 0 Å². The molecule has 0 aliphatic heterocycles. The lowest BCUT2D eigenvalue weighted by Gasteiger charge is -2.11. The minimum Gasteiger partial charge on any atom is -0.491 e. The zero-order chi connectivity index (χ0) is 13.0. The maximum atomic E-state index is 13.5. The molecular formula is C12H15FN4O. The summed E-state index contributed by atoms with van der Waals surface area (Å²) in [6.45, 7) is 2.68. The fourth-order valence-electron chi connectivity index (χ4n) is 1.56. The van der Waals surface area contributed by atoms with Crippen molar-refractivity contribution in [1.82, 2.24) is 9.97 Å². The van der Waals surface area contributed by atoms with Crippen molar-refractivity contribution in [1.29, 1.82) is 0 Å². The van der Waals surface area contributed by atoms with Crippen molar-refractivity contribution in [2.24, 2.45) is 0 Å². The highest BCUT2D eigenvalue weighted by molar-refractivity contribution is 5.68. The molecule has 2 rings (SSSR count). The first-order valence-corrected chi connectivity index (χ1v) is 5.64. The van der Waals surface area contributed by atoms with E-state index in [0.29, 0.717) is 24.5 Å². The van der Waals surface area contributed by atoms with Gasteiger partial charge in [-0.1, -0.05) is 0 Å². The molecule has 0 fully saturated rings. The van der Waals surface area contributed by atoms with Gasteiger partial charge in [-0.05, 0) is 6.92 Å². The summed E-state index contributed by atoms with van der Waals surface area (Å²) in [5.41, 5.74) is 6.69. The number of ether oxygens (including phenoxy) is 1. The molecule has 0 aliphatic rings. The number of H-pyrrole nitrogens is 1. The van der Waals surface area contributed by atoms with E-state index in [1.807, 2.05) is 0 Å². The number of nitrogens with two attached hydrogens (primary N) is 1. The third-order valence-electron chi connectivity index (χ3n) is 2.41. The van der Waals surface area contributed by atoms with Crippen LogP contribution in [-0.2, 0) is 6.54 Å². The number of aromatic amines is 1. The van der Waals surface area contributed by atoms with E-state index in [1.165, 1.54) is 6.07 Å². The van der Waals surface area contributed by atoms with Crippen LogP contribution in [0, 0.1) is 5.82 Å². The van der Waals surface area contributed by atoms with Crippen LogP contribution in [0.5, 0.6) is 5.75 Å². The van der Waals surface area contributed by atoms with Gasteiger partial charge in [0.2, 0.25) is 0 Å². The van der Waals surface area contributed by atoms with Gasteiger partial charge < -0.3 is 20.8 Å². The SMILES string of the molecule is CCOc1cc(NCc2ncc[nH]2)c(N)cc1F. The van der Waals surface area contributed by atoms with E-state index < -0.39 is 5.82 Å². The Balaban J connectivity index is 2.13. The van der Waals surface area contributed by atoms with Crippen LogP contribution in [0.1, 0.15) is 12.7 Å². The number of aromatic nitrogens is 2. The molecule has 4 N–H and O–H groups in total.